The van der Waals surface area contributed by atoms with Crippen LogP contribution in [0.25, 0.3) is 0 Å². The summed E-state index contributed by atoms with van der Waals surface area (Å²) in [6, 6.07) is 12.2. The third-order valence-electron chi connectivity index (χ3n) is 4.83. The Morgan fingerprint density at radius 1 is 0.920 bits per heavy atom. The predicted octanol–water partition coefficient (Wildman–Crippen LogP) is 3.91. The van der Waals surface area contributed by atoms with Gasteiger partial charge in [0.2, 0.25) is 5.91 Å². The number of aryl methyl sites for hydroxylation is 3. The molecule has 25 heavy (non-hydrogen) atoms. The van der Waals surface area contributed by atoms with Crippen LogP contribution < -0.4 is 14.8 Å². The third kappa shape index (κ3) is 3.78. The first-order valence-corrected chi connectivity index (χ1v) is 9.08. The molecule has 1 aliphatic carbocycles. The van der Waals surface area contributed by atoms with E-state index in [-0.39, 0.29) is 5.91 Å². The van der Waals surface area contributed by atoms with Crippen molar-refractivity contribution in [3.8, 4) is 11.5 Å². The maximum absolute atomic E-state index is 12.3. The van der Waals surface area contributed by atoms with Crippen LogP contribution in [0.2, 0.25) is 0 Å². The number of carbonyl (C=O) groups excluding carboxylic acids is 1. The van der Waals surface area contributed by atoms with Gasteiger partial charge in [-0.3, -0.25) is 4.79 Å². The van der Waals surface area contributed by atoms with Crippen LogP contribution in [0.1, 0.15) is 36.0 Å². The van der Waals surface area contributed by atoms with Crippen LogP contribution in [0.3, 0.4) is 0 Å². The average Bonchev–Trinajstić information content (AvgIpc) is 2.96. The van der Waals surface area contributed by atoms with Crippen molar-refractivity contribution in [1.82, 2.24) is 0 Å². The van der Waals surface area contributed by atoms with Gasteiger partial charge in [-0.15, -0.1) is 0 Å². The quantitative estimate of drug-likeness (QED) is 0.920. The fourth-order valence-corrected chi connectivity index (χ4v) is 3.49. The molecule has 4 nitrogen and oxygen atoms in total. The number of amides is 1. The number of ether oxygens (including phenoxy) is 2. The maximum atomic E-state index is 12.3. The molecule has 1 amide bonds. The van der Waals surface area contributed by atoms with E-state index in [1.807, 2.05) is 24.3 Å². The van der Waals surface area contributed by atoms with E-state index in [0.29, 0.717) is 26.1 Å². The van der Waals surface area contributed by atoms with E-state index in [4.69, 9.17) is 9.47 Å². The number of carbonyl (C=O) groups is 1. The van der Waals surface area contributed by atoms with Crippen LogP contribution >= 0.6 is 0 Å². The second-order valence-corrected chi connectivity index (χ2v) is 6.72. The van der Waals surface area contributed by atoms with E-state index in [2.05, 4.69) is 17.4 Å². The zero-order chi connectivity index (χ0) is 17.1. The Hall–Kier alpha value is -2.49. The molecule has 1 heterocycles. The molecule has 1 aliphatic heterocycles. The minimum atomic E-state index is 0.0464. The van der Waals surface area contributed by atoms with Crippen molar-refractivity contribution in [1.29, 1.82) is 0 Å². The zero-order valence-corrected chi connectivity index (χ0v) is 14.3. The first kappa shape index (κ1) is 16.0. The number of hydrogen-bond acceptors (Lipinski definition) is 3. The van der Waals surface area contributed by atoms with Crippen molar-refractivity contribution < 1.29 is 14.3 Å². The summed E-state index contributed by atoms with van der Waals surface area (Å²) >= 11 is 0. The smallest absolute Gasteiger partial charge is 0.224 e. The minimum absolute atomic E-state index is 0.0464. The van der Waals surface area contributed by atoms with Crippen LogP contribution in [-0.4, -0.2) is 19.1 Å². The highest BCUT2D eigenvalue weighted by Crippen LogP contribution is 2.31. The lowest BCUT2D eigenvalue weighted by atomic mass is 10.1. The van der Waals surface area contributed by atoms with Crippen LogP contribution in [0, 0.1) is 0 Å². The van der Waals surface area contributed by atoms with Crippen LogP contribution in [0.15, 0.2) is 36.4 Å². The van der Waals surface area contributed by atoms with Crippen molar-refractivity contribution in [2.75, 3.05) is 18.5 Å². The van der Waals surface area contributed by atoms with E-state index >= 15 is 0 Å². The Morgan fingerprint density at radius 2 is 1.76 bits per heavy atom. The standard InChI is InChI=1S/C21H23NO3/c23-21(22-18-8-7-16-3-1-4-17(16)14-18)10-6-15-5-9-19-20(13-15)25-12-2-11-24-19/h5,7-9,13-14H,1-4,6,10-12H2,(H,22,23). The topological polar surface area (TPSA) is 47.6 Å². The SMILES string of the molecule is O=C(CCc1ccc2c(c1)OCCCO2)Nc1ccc2c(c1)CCC2. The summed E-state index contributed by atoms with van der Waals surface area (Å²) in [6.45, 7) is 1.37. The Bertz CT molecular complexity index is 785. The lowest BCUT2D eigenvalue weighted by molar-refractivity contribution is -0.116. The summed E-state index contributed by atoms with van der Waals surface area (Å²) in [5, 5.41) is 3.02. The molecule has 0 saturated carbocycles. The molecule has 1 N–H and O–H groups in total. The largest absolute Gasteiger partial charge is 0.490 e. The Kier molecular flexibility index (Phi) is 4.59. The second kappa shape index (κ2) is 7.18. The number of fused-ring (bicyclic) bond motifs is 2. The molecule has 2 aromatic carbocycles. The van der Waals surface area contributed by atoms with Gasteiger partial charge in [0.15, 0.2) is 11.5 Å². The third-order valence-corrected chi connectivity index (χ3v) is 4.83. The normalized spacial score (nSPS) is 15.4. The molecule has 0 radical (unpaired) electrons. The van der Waals surface area contributed by atoms with Gasteiger partial charge in [0.1, 0.15) is 0 Å². The molecule has 0 saturated heterocycles. The fourth-order valence-electron chi connectivity index (χ4n) is 3.49. The van der Waals surface area contributed by atoms with Gasteiger partial charge in [0.05, 0.1) is 13.2 Å². The highest BCUT2D eigenvalue weighted by atomic mass is 16.5. The molecule has 4 rings (SSSR count). The van der Waals surface area contributed by atoms with Crippen molar-refractivity contribution in [3.63, 3.8) is 0 Å². The van der Waals surface area contributed by atoms with Gasteiger partial charge in [-0.25, -0.2) is 0 Å². The van der Waals surface area contributed by atoms with Gasteiger partial charge in [-0.2, -0.15) is 0 Å². The Balaban J connectivity index is 1.35. The molecule has 0 bridgehead atoms. The fraction of sp³-hybridized carbons (Fsp3) is 0.381. The molecule has 2 aliphatic rings. The molecule has 0 aromatic heterocycles. The predicted molar refractivity (Wildman–Crippen MR) is 97.5 cm³/mol. The van der Waals surface area contributed by atoms with Gasteiger partial charge in [-0.05, 0) is 66.6 Å². The molecule has 4 heteroatoms. The van der Waals surface area contributed by atoms with Crippen molar-refractivity contribution in [3.05, 3.63) is 53.1 Å². The average molecular weight is 337 g/mol. The summed E-state index contributed by atoms with van der Waals surface area (Å²) in [5.41, 5.74) is 4.79. The second-order valence-electron chi connectivity index (χ2n) is 6.72. The van der Waals surface area contributed by atoms with E-state index in [9.17, 15) is 4.79 Å². The van der Waals surface area contributed by atoms with Gasteiger partial charge < -0.3 is 14.8 Å². The van der Waals surface area contributed by atoms with E-state index in [1.165, 1.54) is 17.5 Å². The van der Waals surface area contributed by atoms with Crippen molar-refractivity contribution >= 4 is 11.6 Å². The molecule has 0 fully saturated rings. The molecule has 130 valence electrons. The van der Waals surface area contributed by atoms with Crippen molar-refractivity contribution in [2.24, 2.45) is 0 Å². The Morgan fingerprint density at radius 3 is 2.68 bits per heavy atom. The molecule has 0 spiro atoms. The number of hydrogen-bond donors (Lipinski definition) is 1. The summed E-state index contributed by atoms with van der Waals surface area (Å²) in [4.78, 5) is 12.3. The van der Waals surface area contributed by atoms with Crippen molar-refractivity contribution in [2.45, 2.75) is 38.5 Å². The van der Waals surface area contributed by atoms with E-state index in [0.717, 1.165) is 42.0 Å². The van der Waals surface area contributed by atoms with Crippen LogP contribution in [0.5, 0.6) is 11.5 Å². The van der Waals surface area contributed by atoms with Crippen LogP contribution in [0.4, 0.5) is 5.69 Å². The summed E-state index contributed by atoms with van der Waals surface area (Å²) in [7, 11) is 0. The van der Waals surface area contributed by atoms with Gasteiger partial charge >= 0.3 is 0 Å². The number of anilines is 1. The molecule has 0 unspecified atom stereocenters. The number of benzene rings is 2. The zero-order valence-electron chi connectivity index (χ0n) is 14.3. The maximum Gasteiger partial charge on any atom is 0.224 e. The first-order valence-electron chi connectivity index (χ1n) is 9.08. The summed E-state index contributed by atoms with van der Waals surface area (Å²) in [6.07, 6.45) is 5.54. The number of nitrogens with one attached hydrogen (secondary N) is 1. The van der Waals surface area contributed by atoms with E-state index in [1.54, 1.807) is 0 Å². The van der Waals surface area contributed by atoms with Gasteiger partial charge in [-0.1, -0.05) is 12.1 Å². The Labute approximate surface area is 148 Å². The monoisotopic (exact) mass is 337 g/mol. The number of rotatable bonds is 4. The highest BCUT2D eigenvalue weighted by molar-refractivity contribution is 5.91. The lowest BCUT2D eigenvalue weighted by Gasteiger charge is -2.10. The molecule has 0 atom stereocenters. The first-order chi connectivity index (χ1) is 12.3. The molecule has 2 aromatic rings. The van der Waals surface area contributed by atoms with Gasteiger partial charge in [0.25, 0.3) is 0 Å². The molecular weight excluding hydrogens is 314 g/mol. The summed E-state index contributed by atoms with van der Waals surface area (Å²) < 4.78 is 11.3. The van der Waals surface area contributed by atoms with E-state index < -0.39 is 0 Å². The minimum Gasteiger partial charge on any atom is -0.490 e. The molecular formula is C21H23NO3. The van der Waals surface area contributed by atoms with Crippen LogP contribution in [-0.2, 0) is 24.1 Å². The summed E-state index contributed by atoms with van der Waals surface area (Å²) in [5.74, 6) is 1.63. The van der Waals surface area contributed by atoms with Gasteiger partial charge in [0, 0.05) is 18.5 Å². The highest BCUT2D eigenvalue weighted by Gasteiger charge is 2.13. The lowest BCUT2D eigenvalue weighted by Crippen LogP contribution is -2.12.